The lowest BCUT2D eigenvalue weighted by Gasteiger charge is -2.38. The zero-order chi connectivity index (χ0) is 21.0. The molecule has 0 aliphatic carbocycles. The lowest BCUT2D eigenvalue weighted by molar-refractivity contribution is -0.117. The highest BCUT2D eigenvalue weighted by molar-refractivity contribution is 5.94. The summed E-state index contributed by atoms with van der Waals surface area (Å²) >= 11 is 0. The van der Waals surface area contributed by atoms with E-state index in [-0.39, 0.29) is 24.2 Å². The molecule has 0 unspecified atom stereocenters. The number of ether oxygens (including phenoxy) is 4. The van der Waals surface area contributed by atoms with Gasteiger partial charge in [-0.25, -0.2) is 0 Å². The first-order valence-electron chi connectivity index (χ1n) is 10.3. The third-order valence-corrected chi connectivity index (χ3v) is 5.93. The standard InChI is InChI=1S/C23H28N2O5/c1-16(22(26)25-18-4-6-19(27-2)7-5-18)24-14-23(9-11-28-12-10-23)17-3-8-20-21(13-17)30-15-29-20/h3-8,13,16,24H,9-12,14-15H2,1-2H3,(H,25,26)/t16-/m1/s1. The van der Waals surface area contributed by atoms with Gasteiger partial charge in [0.1, 0.15) is 5.75 Å². The van der Waals surface area contributed by atoms with Crippen molar-refractivity contribution in [2.45, 2.75) is 31.2 Å². The molecule has 2 aromatic carbocycles. The Hall–Kier alpha value is -2.77. The molecule has 1 amide bonds. The Morgan fingerprint density at radius 2 is 1.83 bits per heavy atom. The van der Waals surface area contributed by atoms with Crippen LogP contribution in [0.2, 0.25) is 0 Å². The molecule has 30 heavy (non-hydrogen) atoms. The first-order chi connectivity index (χ1) is 14.6. The maximum absolute atomic E-state index is 12.7. The number of hydrogen-bond donors (Lipinski definition) is 2. The van der Waals surface area contributed by atoms with Gasteiger partial charge in [-0.3, -0.25) is 4.79 Å². The van der Waals surface area contributed by atoms with Gasteiger partial charge in [-0.1, -0.05) is 6.07 Å². The molecule has 0 spiro atoms. The molecule has 2 aliphatic heterocycles. The van der Waals surface area contributed by atoms with Crippen molar-refractivity contribution in [1.29, 1.82) is 0 Å². The van der Waals surface area contributed by atoms with E-state index in [1.54, 1.807) is 7.11 Å². The van der Waals surface area contributed by atoms with E-state index in [9.17, 15) is 4.79 Å². The fraction of sp³-hybridized carbons (Fsp3) is 0.435. The fourth-order valence-electron chi connectivity index (χ4n) is 3.92. The number of anilines is 1. The Morgan fingerprint density at radius 3 is 2.57 bits per heavy atom. The van der Waals surface area contributed by atoms with Crippen LogP contribution in [0.1, 0.15) is 25.3 Å². The number of hydrogen-bond acceptors (Lipinski definition) is 6. The molecule has 0 bridgehead atoms. The Balaban J connectivity index is 1.42. The number of rotatable bonds is 7. The van der Waals surface area contributed by atoms with Crippen molar-refractivity contribution in [1.82, 2.24) is 5.32 Å². The van der Waals surface area contributed by atoms with Crippen molar-refractivity contribution in [3.63, 3.8) is 0 Å². The maximum Gasteiger partial charge on any atom is 0.241 e. The van der Waals surface area contributed by atoms with Crippen LogP contribution in [0, 0.1) is 0 Å². The second-order valence-corrected chi connectivity index (χ2v) is 7.78. The second-order valence-electron chi connectivity index (χ2n) is 7.78. The van der Waals surface area contributed by atoms with Gasteiger partial charge < -0.3 is 29.6 Å². The van der Waals surface area contributed by atoms with Gasteiger partial charge in [-0.05, 0) is 61.7 Å². The summed E-state index contributed by atoms with van der Waals surface area (Å²) in [5.41, 5.74) is 1.81. The summed E-state index contributed by atoms with van der Waals surface area (Å²) in [5, 5.41) is 6.39. The topological polar surface area (TPSA) is 78.1 Å². The largest absolute Gasteiger partial charge is 0.497 e. The summed E-state index contributed by atoms with van der Waals surface area (Å²) in [6.45, 7) is 4.21. The molecule has 7 nitrogen and oxygen atoms in total. The maximum atomic E-state index is 12.7. The van der Waals surface area contributed by atoms with Gasteiger partial charge >= 0.3 is 0 Å². The molecule has 0 aromatic heterocycles. The predicted molar refractivity (Wildman–Crippen MR) is 113 cm³/mol. The van der Waals surface area contributed by atoms with Crippen LogP contribution >= 0.6 is 0 Å². The first-order valence-corrected chi connectivity index (χ1v) is 10.3. The number of methoxy groups -OCH3 is 1. The molecule has 160 valence electrons. The van der Waals surface area contributed by atoms with Crippen LogP contribution in [-0.2, 0) is 14.9 Å². The van der Waals surface area contributed by atoms with E-state index in [2.05, 4.69) is 22.8 Å². The van der Waals surface area contributed by atoms with E-state index in [1.165, 1.54) is 5.56 Å². The SMILES string of the molecule is COc1ccc(NC(=O)[C@@H](C)NCC2(c3ccc4c(c3)OCO4)CCOCC2)cc1. The van der Waals surface area contributed by atoms with E-state index in [4.69, 9.17) is 18.9 Å². The molecule has 2 aliphatic rings. The molecular formula is C23H28N2O5. The summed E-state index contributed by atoms with van der Waals surface area (Å²) in [6, 6.07) is 13.1. The minimum atomic E-state index is -0.346. The molecule has 1 fully saturated rings. The fourth-order valence-corrected chi connectivity index (χ4v) is 3.92. The lowest BCUT2D eigenvalue weighted by atomic mass is 9.74. The van der Waals surface area contributed by atoms with Crippen LogP contribution in [-0.4, -0.2) is 45.6 Å². The van der Waals surface area contributed by atoms with Crippen molar-refractivity contribution in [2.24, 2.45) is 0 Å². The van der Waals surface area contributed by atoms with Crippen LogP contribution in [0.3, 0.4) is 0 Å². The van der Waals surface area contributed by atoms with E-state index < -0.39 is 0 Å². The average molecular weight is 412 g/mol. The van der Waals surface area contributed by atoms with E-state index >= 15 is 0 Å². The Bertz CT molecular complexity index is 878. The quantitative estimate of drug-likeness (QED) is 0.728. The highest BCUT2D eigenvalue weighted by Gasteiger charge is 2.36. The molecule has 0 saturated carbocycles. The van der Waals surface area contributed by atoms with Crippen LogP contribution in [0.5, 0.6) is 17.2 Å². The molecular weight excluding hydrogens is 384 g/mol. The minimum absolute atomic E-state index is 0.0759. The Morgan fingerprint density at radius 1 is 1.10 bits per heavy atom. The van der Waals surface area contributed by atoms with Crippen LogP contribution in [0.4, 0.5) is 5.69 Å². The van der Waals surface area contributed by atoms with Crippen molar-refractivity contribution in [3.05, 3.63) is 48.0 Å². The predicted octanol–water partition coefficient (Wildman–Crippen LogP) is 3.09. The van der Waals surface area contributed by atoms with Crippen molar-refractivity contribution in [2.75, 3.05) is 39.0 Å². The summed E-state index contributed by atoms with van der Waals surface area (Å²) in [5.74, 6) is 2.24. The molecule has 1 saturated heterocycles. The minimum Gasteiger partial charge on any atom is -0.497 e. The van der Waals surface area contributed by atoms with E-state index in [1.807, 2.05) is 37.3 Å². The highest BCUT2D eigenvalue weighted by Crippen LogP contribution is 2.40. The van der Waals surface area contributed by atoms with E-state index in [0.29, 0.717) is 19.8 Å². The van der Waals surface area contributed by atoms with Gasteiger partial charge in [-0.2, -0.15) is 0 Å². The van der Waals surface area contributed by atoms with Crippen molar-refractivity contribution in [3.8, 4) is 17.2 Å². The Labute approximate surface area is 176 Å². The zero-order valence-electron chi connectivity index (χ0n) is 17.4. The number of amides is 1. The summed E-state index contributed by atoms with van der Waals surface area (Å²) < 4.78 is 21.8. The van der Waals surface area contributed by atoms with Gasteiger partial charge in [0, 0.05) is 30.9 Å². The Kier molecular flexibility index (Phi) is 6.11. The summed E-state index contributed by atoms with van der Waals surface area (Å²) in [7, 11) is 1.62. The van der Waals surface area contributed by atoms with Gasteiger partial charge in [-0.15, -0.1) is 0 Å². The van der Waals surface area contributed by atoms with Crippen LogP contribution < -0.4 is 24.8 Å². The lowest BCUT2D eigenvalue weighted by Crippen LogP contribution is -2.48. The molecule has 2 N–H and O–H groups in total. The number of fused-ring (bicyclic) bond motifs is 1. The van der Waals surface area contributed by atoms with Gasteiger partial charge in [0.15, 0.2) is 11.5 Å². The summed E-state index contributed by atoms with van der Waals surface area (Å²) in [4.78, 5) is 12.7. The number of carbonyl (C=O) groups is 1. The van der Waals surface area contributed by atoms with E-state index in [0.717, 1.165) is 35.8 Å². The molecule has 7 heteroatoms. The van der Waals surface area contributed by atoms with Crippen LogP contribution in [0.25, 0.3) is 0 Å². The number of carbonyl (C=O) groups excluding carboxylic acids is 1. The zero-order valence-corrected chi connectivity index (χ0v) is 17.4. The smallest absolute Gasteiger partial charge is 0.241 e. The molecule has 0 radical (unpaired) electrons. The van der Waals surface area contributed by atoms with Gasteiger partial charge in [0.25, 0.3) is 0 Å². The third kappa shape index (κ3) is 4.37. The average Bonchev–Trinajstić information content (AvgIpc) is 3.26. The third-order valence-electron chi connectivity index (χ3n) is 5.93. The summed E-state index contributed by atoms with van der Waals surface area (Å²) in [6.07, 6.45) is 1.76. The number of nitrogens with one attached hydrogen (secondary N) is 2. The highest BCUT2D eigenvalue weighted by atomic mass is 16.7. The first kappa shape index (κ1) is 20.5. The van der Waals surface area contributed by atoms with Crippen molar-refractivity contribution < 1.29 is 23.7 Å². The molecule has 4 rings (SSSR count). The van der Waals surface area contributed by atoms with Crippen LogP contribution in [0.15, 0.2) is 42.5 Å². The molecule has 2 aromatic rings. The van der Waals surface area contributed by atoms with Crippen molar-refractivity contribution >= 4 is 11.6 Å². The monoisotopic (exact) mass is 412 g/mol. The van der Waals surface area contributed by atoms with Gasteiger partial charge in [0.05, 0.1) is 13.2 Å². The normalized spacial score (nSPS) is 17.9. The second kappa shape index (κ2) is 8.93. The molecule has 1 atom stereocenters. The number of benzene rings is 2. The van der Waals surface area contributed by atoms with Gasteiger partial charge in [0.2, 0.25) is 12.7 Å². The molecule has 2 heterocycles.